The van der Waals surface area contributed by atoms with Gasteiger partial charge in [0.2, 0.25) is 0 Å². The summed E-state index contributed by atoms with van der Waals surface area (Å²) in [6, 6.07) is 4.04. The summed E-state index contributed by atoms with van der Waals surface area (Å²) in [6.07, 6.45) is 4.97. The molecule has 18 heavy (non-hydrogen) atoms. The van der Waals surface area contributed by atoms with E-state index in [0.717, 1.165) is 36.3 Å². The minimum atomic E-state index is 0.476. The molecule has 1 saturated heterocycles. The first-order chi connectivity index (χ1) is 8.72. The van der Waals surface area contributed by atoms with Gasteiger partial charge >= 0.3 is 0 Å². The van der Waals surface area contributed by atoms with Crippen molar-refractivity contribution >= 4 is 5.82 Å². The number of hydrogen-bond donors (Lipinski definition) is 2. The monoisotopic (exact) mass is 243 g/mol. The van der Waals surface area contributed by atoms with Crippen LogP contribution < -0.4 is 11.1 Å². The molecule has 3 rings (SSSR count). The van der Waals surface area contributed by atoms with Crippen molar-refractivity contribution in [2.75, 3.05) is 18.8 Å². The Morgan fingerprint density at radius 1 is 1.39 bits per heavy atom. The summed E-state index contributed by atoms with van der Waals surface area (Å²) in [7, 11) is 1.91. The largest absolute Gasteiger partial charge is 0.384 e. The van der Waals surface area contributed by atoms with Crippen LogP contribution in [0.5, 0.6) is 0 Å². The van der Waals surface area contributed by atoms with Gasteiger partial charge in [-0.25, -0.2) is 4.98 Å². The van der Waals surface area contributed by atoms with Crippen LogP contribution in [0.4, 0.5) is 5.82 Å². The summed E-state index contributed by atoms with van der Waals surface area (Å²) in [5, 5.41) is 7.55. The Hall–Kier alpha value is -1.88. The number of nitrogens with zero attached hydrogens (tertiary/aromatic N) is 3. The van der Waals surface area contributed by atoms with Crippen LogP contribution in [-0.4, -0.2) is 27.9 Å². The van der Waals surface area contributed by atoms with Gasteiger partial charge in [0.15, 0.2) is 0 Å². The summed E-state index contributed by atoms with van der Waals surface area (Å²) in [5.74, 6) is 1.06. The Morgan fingerprint density at radius 3 is 2.94 bits per heavy atom. The number of hydrogen-bond acceptors (Lipinski definition) is 4. The quantitative estimate of drug-likeness (QED) is 0.830. The molecule has 94 valence electrons. The fourth-order valence-electron chi connectivity index (χ4n) is 2.43. The highest BCUT2D eigenvalue weighted by Gasteiger charge is 2.19. The lowest BCUT2D eigenvalue weighted by molar-refractivity contribution is 0.737. The second-order valence-corrected chi connectivity index (χ2v) is 4.80. The molecule has 2 aromatic heterocycles. The van der Waals surface area contributed by atoms with E-state index in [-0.39, 0.29) is 0 Å². The first-order valence-corrected chi connectivity index (χ1v) is 6.19. The maximum Gasteiger partial charge on any atom is 0.124 e. The summed E-state index contributed by atoms with van der Waals surface area (Å²) >= 11 is 0. The van der Waals surface area contributed by atoms with E-state index in [9.17, 15) is 0 Å². The van der Waals surface area contributed by atoms with Crippen LogP contribution in [0.1, 0.15) is 18.0 Å². The van der Waals surface area contributed by atoms with Gasteiger partial charge in [0.25, 0.3) is 0 Å². The molecule has 0 saturated carbocycles. The lowest BCUT2D eigenvalue weighted by atomic mass is 10.0. The molecule has 2 aromatic rings. The van der Waals surface area contributed by atoms with E-state index in [1.165, 1.54) is 0 Å². The summed E-state index contributed by atoms with van der Waals surface area (Å²) < 4.78 is 1.79. The molecule has 5 nitrogen and oxygen atoms in total. The molecular formula is C13H17N5. The zero-order valence-corrected chi connectivity index (χ0v) is 10.4. The van der Waals surface area contributed by atoms with Gasteiger partial charge in [-0.2, -0.15) is 5.10 Å². The van der Waals surface area contributed by atoms with Crippen LogP contribution in [0.3, 0.4) is 0 Å². The van der Waals surface area contributed by atoms with Gasteiger partial charge in [-0.05, 0) is 30.7 Å². The minimum Gasteiger partial charge on any atom is -0.384 e. The van der Waals surface area contributed by atoms with Crippen molar-refractivity contribution in [3.63, 3.8) is 0 Å². The van der Waals surface area contributed by atoms with E-state index in [4.69, 9.17) is 5.73 Å². The van der Waals surface area contributed by atoms with Crippen molar-refractivity contribution in [3.05, 3.63) is 30.2 Å². The maximum absolute atomic E-state index is 5.91. The average Bonchev–Trinajstić information content (AvgIpc) is 2.98. The van der Waals surface area contributed by atoms with Crippen molar-refractivity contribution in [2.24, 2.45) is 7.05 Å². The first-order valence-electron chi connectivity index (χ1n) is 6.19. The molecule has 0 spiro atoms. The highest BCUT2D eigenvalue weighted by molar-refractivity contribution is 5.65. The van der Waals surface area contributed by atoms with E-state index in [2.05, 4.69) is 21.5 Å². The molecule has 0 radical (unpaired) electrons. The second kappa shape index (κ2) is 4.42. The predicted molar refractivity (Wildman–Crippen MR) is 71.1 cm³/mol. The molecule has 0 bridgehead atoms. The van der Waals surface area contributed by atoms with Crippen molar-refractivity contribution in [2.45, 2.75) is 12.3 Å². The minimum absolute atomic E-state index is 0.476. The third kappa shape index (κ3) is 2.09. The SMILES string of the molecule is Cn1cc(-c2cc(N)nc(C3CCNC3)c2)cn1. The number of aromatic nitrogens is 3. The van der Waals surface area contributed by atoms with Crippen LogP contribution in [-0.2, 0) is 7.05 Å². The number of pyridine rings is 1. The molecule has 5 heteroatoms. The van der Waals surface area contributed by atoms with E-state index >= 15 is 0 Å². The number of rotatable bonds is 2. The number of nitrogen functional groups attached to an aromatic ring is 1. The predicted octanol–water partition coefficient (Wildman–Crippen LogP) is 1.14. The molecule has 1 fully saturated rings. The Morgan fingerprint density at radius 2 is 2.28 bits per heavy atom. The van der Waals surface area contributed by atoms with Crippen LogP contribution >= 0.6 is 0 Å². The molecule has 1 unspecified atom stereocenters. The lowest BCUT2D eigenvalue weighted by Crippen LogP contribution is -2.09. The van der Waals surface area contributed by atoms with Gasteiger partial charge in [-0.3, -0.25) is 4.68 Å². The smallest absolute Gasteiger partial charge is 0.124 e. The number of nitrogens with one attached hydrogen (secondary N) is 1. The summed E-state index contributed by atoms with van der Waals surface area (Å²) in [6.45, 7) is 2.05. The Balaban J connectivity index is 1.99. The highest BCUT2D eigenvalue weighted by atomic mass is 15.2. The van der Waals surface area contributed by atoms with Gasteiger partial charge in [0.05, 0.1) is 6.20 Å². The topological polar surface area (TPSA) is 68.8 Å². The number of aryl methyl sites for hydroxylation is 1. The third-order valence-corrected chi connectivity index (χ3v) is 3.38. The van der Waals surface area contributed by atoms with E-state index in [1.807, 2.05) is 25.5 Å². The first kappa shape index (κ1) is 11.2. The van der Waals surface area contributed by atoms with Crippen molar-refractivity contribution in [3.8, 4) is 11.1 Å². The maximum atomic E-state index is 5.91. The molecule has 3 heterocycles. The third-order valence-electron chi connectivity index (χ3n) is 3.38. The van der Waals surface area contributed by atoms with Crippen LogP contribution in [0.25, 0.3) is 11.1 Å². The fraction of sp³-hybridized carbons (Fsp3) is 0.385. The van der Waals surface area contributed by atoms with E-state index < -0.39 is 0 Å². The summed E-state index contributed by atoms with van der Waals surface area (Å²) in [4.78, 5) is 4.46. The van der Waals surface area contributed by atoms with Crippen molar-refractivity contribution in [1.82, 2.24) is 20.1 Å². The van der Waals surface area contributed by atoms with Gasteiger partial charge in [0, 0.05) is 37.0 Å². The molecule has 0 amide bonds. The van der Waals surface area contributed by atoms with Gasteiger partial charge in [-0.1, -0.05) is 0 Å². The van der Waals surface area contributed by atoms with Crippen LogP contribution in [0, 0.1) is 0 Å². The molecule has 3 N–H and O–H groups in total. The molecule has 0 aromatic carbocycles. The summed E-state index contributed by atoms with van der Waals surface area (Å²) in [5.41, 5.74) is 9.17. The van der Waals surface area contributed by atoms with Crippen LogP contribution in [0.2, 0.25) is 0 Å². The molecule has 1 aliphatic heterocycles. The van der Waals surface area contributed by atoms with Crippen LogP contribution in [0.15, 0.2) is 24.5 Å². The van der Waals surface area contributed by atoms with E-state index in [1.54, 1.807) is 4.68 Å². The molecule has 0 aliphatic carbocycles. The second-order valence-electron chi connectivity index (χ2n) is 4.80. The van der Waals surface area contributed by atoms with Gasteiger partial charge in [0.1, 0.15) is 5.82 Å². The molecule has 1 atom stereocenters. The number of nitrogens with two attached hydrogens (primary N) is 1. The Labute approximate surface area is 106 Å². The lowest BCUT2D eigenvalue weighted by Gasteiger charge is -2.10. The van der Waals surface area contributed by atoms with Gasteiger partial charge < -0.3 is 11.1 Å². The Bertz CT molecular complexity index is 554. The zero-order chi connectivity index (χ0) is 12.5. The molecule has 1 aliphatic rings. The normalized spacial score (nSPS) is 19.3. The number of anilines is 1. The van der Waals surface area contributed by atoms with Crippen molar-refractivity contribution < 1.29 is 0 Å². The average molecular weight is 243 g/mol. The Kier molecular flexibility index (Phi) is 2.76. The van der Waals surface area contributed by atoms with Crippen molar-refractivity contribution in [1.29, 1.82) is 0 Å². The molecular weight excluding hydrogens is 226 g/mol. The zero-order valence-electron chi connectivity index (χ0n) is 10.4. The van der Waals surface area contributed by atoms with Gasteiger partial charge in [-0.15, -0.1) is 0 Å². The van der Waals surface area contributed by atoms with E-state index in [0.29, 0.717) is 11.7 Å². The highest BCUT2D eigenvalue weighted by Crippen LogP contribution is 2.27. The standard InChI is InChI=1S/C13H17N5/c1-18-8-11(7-16-18)10-4-12(17-13(14)5-10)9-2-3-15-6-9/h4-5,7-9,15H,2-3,6H2,1H3,(H2,14,17). The fourth-order valence-corrected chi connectivity index (χ4v) is 2.43.